The van der Waals surface area contributed by atoms with E-state index in [1.807, 2.05) is 0 Å². The Morgan fingerprint density at radius 1 is 1.03 bits per heavy atom. The fourth-order valence-corrected chi connectivity index (χ4v) is 3.12. The van der Waals surface area contributed by atoms with Crippen molar-refractivity contribution in [1.29, 1.82) is 0 Å². The molecule has 0 aromatic heterocycles. The number of benzene rings is 2. The van der Waals surface area contributed by atoms with Gasteiger partial charge in [-0.2, -0.15) is 0 Å². The molecule has 0 saturated heterocycles. The van der Waals surface area contributed by atoms with Gasteiger partial charge in [-0.1, -0.05) is 12.1 Å². The van der Waals surface area contributed by atoms with Crippen molar-refractivity contribution in [2.45, 2.75) is 13.0 Å². The molecule has 1 atom stereocenters. The molecule has 0 bridgehead atoms. The first kappa shape index (κ1) is 21.8. The highest BCUT2D eigenvalue weighted by molar-refractivity contribution is 6.04. The molecule has 164 valence electrons. The summed E-state index contributed by atoms with van der Waals surface area (Å²) in [6, 6.07) is 9.81. The van der Waals surface area contributed by atoms with Gasteiger partial charge in [0.05, 0.1) is 27.0 Å². The molecule has 0 saturated carbocycles. The number of para-hydroxylation sites is 2. The SMILES string of the molecule is COc1cc(C(=O)NNC(=O)CN2C(=O)C(C)Oc3ccccc32)cc(OC)c1OC. The minimum atomic E-state index is -0.725. The van der Waals surface area contributed by atoms with Crippen molar-refractivity contribution in [3.8, 4) is 23.0 Å². The van der Waals surface area contributed by atoms with E-state index in [4.69, 9.17) is 18.9 Å². The number of anilines is 1. The highest BCUT2D eigenvalue weighted by Crippen LogP contribution is 2.38. The van der Waals surface area contributed by atoms with Crippen molar-refractivity contribution >= 4 is 23.4 Å². The molecule has 0 spiro atoms. The lowest BCUT2D eigenvalue weighted by Gasteiger charge is -2.32. The maximum Gasteiger partial charge on any atom is 0.269 e. The van der Waals surface area contributed by atoms with Crippen LogP contribution in [0.4, 0.5) is 5.69 Å². The van der Waals surface area contributed by atoms with Gasteiger partial charge in [0, 0.05) is 5.56 Å². The van der Waals surface area contributed by atoms with E-state index >= 15 is 0 Å². The van der Waals surface area contributed by atoms with Crippen molar-refractivity contribution in [1.82, 2.24) is 10.9 Å². The number of hydrogen-bond donors (Lipinski definition) is 2. The first-order valence-electron chi connectivity index (χ1n) is 9.35. The maximum absolute atomic E-state index is 12.5. The van der Waals surface area contributed by atoms with Gasteiger partial charge in [-0.25, -0.2) is 0 Å². The van der Waals surface area contributed by atoms with Crippen molar-refractivity contribution in [2.24, 2.45) is 0 Å². The molecule has 0 aliphatic carbocycles. The zero-order valence-electron chi connectivity index (χ0n) is 17.6. The fraction of sp³-hybridized carbons (Fsp3) is 0.286. The number of hydrogen-bond acceptors (Lipinski definition) is 7. The number of amides is 3. The van der Waals surface area contributed by atoms with Crippen LogP contribution in [0.1, 0.15) is 17.3 Å². The number of carbonyl (C=O) groups is 3. The second-order valence-corrected chi connectivity index (χ2v) is 6.57. The number of nitrogens with zero attached hydrogens (tertiary/aromatic N) is 1. The first-order valence-corrected chi connectivity index (χ1v) is 9.35. The molecule has 2 aromatic rings. The van der Waals surface area contributed by atoms with E-state index in [1.54, 1.807) is 31.2 Å². The third-order valence-corrected chi connectivity index (χ3v) is 4.62. The van der Waals surface area contributed by atoms with E-state index in [0.717, 1.165) is 0 Å². The van der Waals surface area contributed by atoms with E-state index in [-0.39, 0.29) is 18.0 Å². The molecule has 1 aliphatic heterocycles. The van der Waals surface area contributed by atoms with Gasteiger partial charge in [0.15, 0.2) is 17.6 Å². The van der Waals surface area contributed by atoms with Crippen molar-refractivity contribution in [3.05, 3.63) is 42.0 Å². The Kier molecular flexibility index (Phi) is 6.49. The Bertz CT molecular complexity index is 983. The number of rotatable bonds is 6. The first-order chi connectivity index (χ1) is 14.9. The summed E-state index contributed by atoms with van der Waals surface area (Å²) in [5.41, 5.74) is 5.29. The van der Waals surface area contributed by atoms with E-state index in [2.05, 4.69) is 10.9 Å². The quantitative estimate of drug-likeness (QED) is 0.665. The minimum absolute atomic E-state index is 0.177. The molecule has 3 amide bonds. The van der Waals surface area contributed by atoms with Gasteiger partial charge in [-0.05, 0) is 31.2 Å². The molecular formula is C21H23N3O7. The smallest absolute Gasteiger partial charge is 0.269 e. The van der Waals surface area contributed by atoms with Crippen molar-refractivity contribution < 1.29 is 33.3 Å². The van der Waals surface area contributed by atoms with Crippen LogP contribution >= 0.6 is 0 Å². The summed E-state index contributed by atoms with van der Waals surface area (Å²) in [5.74, 6) is -0.115. The second kappa shape index (κ2) is 9.24. The van der Waals surface area contributed by atoms with Crippen LogP contribution in [0, 0.1) is 0 Å². The van der Waals surface area contributed by atoms with E-state index in [1.165, 1.54) is 38.4 Å². The molecule has 3 rings (SSSR count). The van der Waals surface area contributed by atoms with Crippen LogP contribution in [0.25, 0.3) is 0 Å². The molecular weight excluding hydrogens is 406 g/mol. The summed E-state index contributed by atoms with van der Waals surface area (Å²) in [4.78, 5) is 38.7. The molecule has 2 N–H and O–H groups in total. The van der Waals surface area contributed by atoms with Gasteiger partial charge in [-0.3, -0.25) is 30.1 Å². The highest BCUT2D eigenvalue weighted by Gasteiger charge is 2.32. The largest absolute Gasteiger partial charge is 0.493 e. The lowest BCUT2D eigenvalue weighted by Crippen LogP contribution is -2.51. The third kappa shape index (κ3) is 4.47. The predicted molar refractivity (Wildman–Crippen MR) is 111 cm³/mol. The molecule has 31 heavy (non-hydrogen) atoms. The van der Waals surface area contributed by atoms with Gasteiger partial charge in [-0.15, -0.1) is 0 Å². The second-order valence-electron chi connectivity index (χ2n) is 6.57. The molecule has 1 heterocycles. The highest BCUT2D eigenvalue weighted by atomic mass is 16.5. The summed E-state index contributed by atoms with van der Waals surface area (Å²) >= 11 is 0. The van der Waals surface area contributed by atoms with Crippen LogP contribution in [0.2, 0.25) is 0 Å². The van der Waals surface area contributed by atoms with Crippen LogP contribution in [0.3, 0.4) is 0 Å². The minimum Gasteiger partial charge on any atom is -0.493 e. The molecule has 10 nitrogen and oxygen atoms in total. The lowest BCUT2D eigenvalue weighted by atomic mass is 10.1. The maximum atomic E-state index is 12.5. The number of methoxy groups -OCH3 is 3. The fourth-order valence-electron chi connectivity index (χ4n) is 3.12. The zero-order valence-corrected chi connectivity index (χ0v) is 17.6. The summed E-state index contributed by atoms with van der Waals surface area (Å²) in [6.07, 6.45) is -0.725. The van der Waals surface area contributed by atoms with Crippen LogP contribution in [0.5, 0.6) is 23.0 Å². The summed E-state index contributed by atoms with van der Waals surface area (Å²) in [7, 11) is 4.31. The summed E-state index contributed by atoms with van der Waals surface area (Å²) < 4.78 is 21.2. The monoisotopic (exact) mass is 429 g/mol. The standard InChI is InChI=1S/C21H23N3O7/c1-12-21(27)24(14-7-5-6-8-15(14)31-12)11-18(25)22-23-20(26)13-9-16(28-2)19(30-4)17(10-13)29-3/h5-10,12H,11H2,1-4H3,(H,22,25)(H,23,26). The Morgan fingerprint density at radius 2 is 1.68 bits per heavy atom. The van der Waals surface area contributed by atoms with E-state index in [0.29, 0.717) is 28.7 Å². The number of carbonyl (C=O) groups excluding carboxylic acids is 3. The Balaban J connectivity index is 1.69. The average Bonchev–Trinajstić information content (AvgIpc) is 2.79. The van der Waals surface area contributed by atoms with Crippen molar-refractivity contribution in [2.75, 3.05) is 32.8 Å². The molecule has 0 fully saturated rings. The zero-order chi connectivity index (χ0) is 22.5. The van der Waals surface area contributed by atoms with E-state index < -0.39 is 17.9 Å². The van der Waals surface area contributed by atoms with Gasteiger partial charge in [0.1, 0.15) is 12.3 Å². The van der Waals surface area contributed by atoms with Crippen LogP contribution in [-0.4, -0.2) is 51.7 Å². The Labute approximate surface area is 179 Å². The predicted octanol–water partition coefficient (Wildman–Crippen LogP) is 1.29. The van der Waals surface area contributed by atoms with Crippen molar-refractivity contribution in [3.63, 3.8) is 0 Å². The lowest BCUT2D eigenvalue weighted by molar-refractivity contribution is -0.128. The van der Waals surface area contributed by atoms with E-state index in [9.17, 15) is 14.4 Å². The Hall–Kier alpha value is -3.95. The third-order valence-electron chi connectivity index (χ3n) is 4.62. The van der Waals surface area contributed by atoms with Crippen LogP contribution in [-0.2, 0) is 9.59 Å². The number of hydrazine groups is 1. The van der Waals surface area contributed by atoms with Gasteiger partial charge in [0.2, 0.25) is 5.75 Å². The van der Waals surface area contributed by atoms with Crippen LogP contribution < -0.4 is 34.7 Å². The topological polar surface area (TPSA) is 115 Å². The van der Waals surface area contributed by atoms with Gasteiger partial charge >= 0.3 is 0 Å². The molecule has 10 heteroatoms. The molecule has 2 aromatic carbocycles. The number of nitrogens with one attached hydrogen (secondary N) is 2. The molecule has 0 radical (unpaired) electrons. The van der Waals surface area contributed by atoms with Gasteiger partial charge in [0.25, 0.3) is 17.7 Å². The number of ether oxygens (including phenoxy) is 4. The average molecular weight is 429 g/mol. The normalized spacial score (nSPS) is 14.8. The van der Waals surface area contributed by atoms with Gasteiger partial charge < -0.3 is 18.9 Å². The summed E-state index contributed by atoms with van der Waals surface area (Å²) in [6.45, 7) is 1.31. The Morgan fingerprint density at radius 3 is 2.29 bits per heavy atom. The summed E-state index contributed by atoms with van der Waals surface area (Å²) in [5, 5.41) is 0. The number of fused-ring (bicyclic) bond motifs is 1. The molecule has 1 unspecified atom stereocenters. The molecule has 1 aliphatic rings. The van der Waals surface area contributed by atoms with Crippen LogP contribution in [0.15, 0.2) is 36.4 Å².